The predicted octanol–water partition coefficient (Wildman–Crippen LogP) is 4.20. The monoisotopic (exact) mass is 287 g/mol. The van der Waals surface area contributed by atoms with Gasteiger partial charge in [0, 0.05) is 10.7 Å². The molecule has 0 aromatic carbocycles. The summed E-state index contributed by atoms with van der Waals surface area (Å²) in [5, 5.41) is 4.55. The molecular weight excluding hydrogens is 270 g/mol. The molecule has 84 valence electrons. The van der Waals surface area contributed by atoms with Crippen molar-refractivity contribution < 1.29 is 0 Å². The molecular formula is C12H18BrNS. The largest absolute Gasteiger partial charge is 0.247 e. The summed E-state index contributed by atoms with van der Waals surface area (Å²) in [6.07, 6.45) is 6.90. The van der Waals surface area contributed by atoms with Crippen LogP contribution in [0.3, 0.4) is 0 Å². The number of aromatic nitrogens is 1. The molecule has 3 heteroatoms. The van der Waals surface area contributed by atoms with Gasteiger partial charge in [-0.2, -0.15) is 0 Å². The molecule has 0 spiro atoms. The lowest BCUT2D eigenvalue weighted by molar-refractivity contribution is 0.371. The zero-order valence-corrected chi connectivity index (χ0v) is 11.6. The van der Waals surface area contributed by atoms with Gasteiger partial charge < -0.3 is 0 Å². The molecule has 1 fully saturated rings. The Morgan fingerprint density at radius 3 is 2.80 bits per heavy atom. The second-order valence-corrected chi connectivity index (χ2v) is 6.23. The fourth-order valence-electron chi connectivity index (χ4n) is 2.55. The quantitative estimate of drug-likeness (QED) is 0.757. The molecule has 1 nitrogen and oxygen atoms in total. The van der Waals surface area contributed by atoms with Crippen LogP contribution in [0.25, 0.3) is 0 Å². The molecule has 1 saturated carbocycles. The van der Waals surface area contributed by atoms with E-state index >= 15 is 0 Å². The maximum Gasteiger partial charge on any atom is 0.0897 e. The van der Waals surface area contributed by atoms with Gasteiger partial charge in [0.05, 0.1) is 10.7 Å². The lowest BCUT2D eigenvalue weighted by Crippen LogP contribution is -2.16. The Morgan fingerprint density at radius 1 is 1.53 bits per heavy atom. The van der Waals surface area contributed by atoms with Crippen LogP contribution in [0, 0.1) is 18.8 Å². The van der Waals surface area contributed by atoms with E-state index in [0.717, 1.165) is 17.2 Å². The van der Waals surface area contributed by atoms with Crippen LogP contribution in [-0.2, 0) is 6.42 Å². The highest BCUT2D eigenvalue weighted by molar-refractivity contribution is 9.09. The van der Waals surface area contributed by atoms with Crippen molar-refractivity contribution in [2.45, 2.75) is 39.0 Å². The van der Waals surface area contributed by atoms with Gasteiger partial charge in [-0.25, -0.2) is 4.98 Å². The van der Waals surface area contributed by atoms with Crippen LogP contribution in [0.2, 0.25) is 0 Å². The van der Waals surface area contributed by atoms with Gasteiger partial charge in [0.25, 0.3) is 0 Å². The van der Waals surface area contributed by atoms with Crippen molar-refractivity contribution in [2.75, 3.05) is 5.33 Å². The topological polar surface area (TPSA) is 12.9 Å². The second-order valence-electron chi connectivity index (χ2n) is 4.52. The highest BCUT2D eigenvalue weighted by Crippen LogP contribution is 2.34. The minimum absolute atomic E-state index is 0.800. The normalized spacial score (nSPS) is 19.6. The average Bonchev–Trinajstić information content (AvgIpc) is 2.85. The van der Waals surface area contributed by atoms with Crippen molar-refractivity contribution in [3.63, 3.8) is 0 Å². The summed E-state index contributed by atoms with van der Waals surface area (Å²) in [6.45, 7) is 2.09. The van der Waals surface area contributed by atoms with Gasteiger partial charge in [0.1, 0.15) is 0 Å². The van der Waals surface area contributed by atoms with Crippen LogP contribution in [0.4, 0.5) is 0 Å². The third-order valence-corrected chi connectivity index (χ3v) is 5.06. The van der Waals surface area contributed by atoms with Gasteiger partial charge in [-0.3, -0.25) is 0 Å². The van der Waals surface area contributed by atoms with Crippen LogP contribution in [-0.4, -0.2) is 10.3 Å². The van der Waals surface area contributed by atoms with Crippen LogP contribution in [0.5, 0.6) is 0 Å². The molecule has 15 heavy (non-hydrogen) atoms. The molecule has 0 saturated heterocycles. The lowest BCUT2D eigenvalue weighted by atomic mass is 9.89. The molecule has 1 heterocycles. The second kappa shape index (κ2) is 5.44. The SMILES string of the molecule is Cc1nc(CC(CBr)C2CCCC2)cs1. The standard InChI is InChI=1S/C12H18BrNS/c1-9-14-12(8-15-9)6-11(7-13)10-4-2-3-5-10/h8,10-11H,2-7H2,1H3. The first-order valence-corrected chi connectivity index (χ1v) is 7.76. The van der Waals surface area contributed by atoms with Crippen molar-refractivity contribution in [2.24, 2.45) is 11.8 Å². The van der Waals surface area contributed by atoms with Crippen molar-refractivity contribution >= 4 is 27.3 Å². The molecule has 1 aliphatic rings. The molecule has 0 N–H and O–H groups in total. The van der Waals surface area contributed by atoms with Crippen molar-refractivity contribution in [3.05, 3.63) is 16.1 Å². The predicted molar refractivity (Wildman–Crippen MR) is 69.8 cm³/mol. The first-order chi connectivity index (χ1) is 7.29. The third kappa shape index (κ3) is 3.04. The lowest BCUT2D eigenvalue weighted by Gasteiger charge is -2.19. The fourth-order valence-corrected chi connectivity index (χ4v) is 3.93. The maximum absolute atomic E-state index is 4.57. The first kappa shape index (κ1) is 11.6. The summed E-state index contributed by atoms with van der Waals surface area (Å²) in [4.78, 5) is 4.57. The molecule has 0 aliphatic heterocycles. The van der Waals surface area contributed by atoms with Gasteiger partial charge >= 0.3 is 0 Å². The van der Waals surface area contributed by atoms with Gasteiger partial charge in [-0.05, 0) is 25.2 Å². The van der Waals surface area contributed by atoms with Crippen molar-refractivity contribution in [3.8, 4) is 0 Å². The number of halogens is 1. The van der Waals surface area contributed by atoms with Gasteiger partial charge in [0.2, 0.25) is 0 Å². The Hall–Kier alpha value is 0.110. The van der Waals surface area contributed by atoms with Crippen molar-refractivity contribution in [1.29, 1.82) is 0 Å². The Morgan fingerprint density at radius 2 is 2.27 bits per heavy atom. The number of thiazole rings is 1. The number of alkyl halides is 1. The van der Waals surface area contributed by atoms with Crippen molar-refractivity contribution in [1.82, 2.24) is 4.98 Å². The average molecular weight is 288 g/mol. The molecule has 1 aromatic heterocycles. The van der Waals surface area contributed by atoms with Crippen LogP contribution < -0.4 is 0 Å². The number of rotatable bonds is 4. The molecule has 1 unspecified atom stereocenters. The first-order valence-electron chi connectivity index (χ1n) is 5.76. The molecule has 1 aromatic rings. The molecule has 0 radical (unpaired) electrons. The highest BCUT2D eigenvalue weighted by Gasteiger charge is 2.24. The summed E-state index contributed by atoms with van der Waals surface area (Å²) in [5.74, 6) is 1.74. The number of hydrogen-bond donors (Lipinski definition) is 0. The van der Waals surface area contributed by atoms with Crippen LogP contribution in [0.1, 0.15) is 36.4 Å². The molecule has 1 aliphatic carbocycles. The van der Waals surface area contributed by atoms with E-state index in [1.807, 2.05) is 0 Å². The van der Waals surface area contributed by atoms with E-state index in [9.17, 15) is 0 Å². The molecule has 2 rings (SSSR count). The van der Waals surface area contributed by atoms with E-state index in [1.54, 1.807) is 11.3 Å². The van der Waals surface area contributed by atoms with Gasteiger partial charge in [0.15, 0.2) is 0 Å². The Kier molecular flexibility index (Phi) is 4.21. The molecule has 0 amide bonds. The zero-order chi connectivity index (χ0) is 10.7. The van der Waals surface area contributed by atoms with E-state index < -0.39 is 0 Å². The number of aryl methyl sites for hydroxylation is 1. The van der Waals surface area contributed by atoms with E-state index in [0.29, 0.717) is 0 Å². The van der Waals surface area contributed by atoms with E-state index in [-0.39, 0.29) is 0 Å². The summed E-state index contributed by atoms with van der Waals surface area (Å²) in [7, 11) is 0. The highest BCUT2D eigenvalue weighted by atomic mass is 79.9. The van der Waals surface area contributed by atoms with Crippen LogP contribution >= 0.6 is 27.3 Å². The fraction of sp³-hybridized carbons (Fsp3) is 0.750. The van der Waals surface area contributed by atoms with Gasteiger partial charge in [-0.15, -0.1) is 11.3 Å². The zero-order valence-electron chi connectivity index (χ0n) is 9.21. The smallest absolute Gasteiger partial charge is 0.0897 e. The minimum atomic E-state index is 0.800. The molecule has 0 bridgehead atoms. The molecule has 1 atom stereocenters. The Labute approximate surface area is 104 Å². The van der Waals surface area contributed by atoms with E-state index in [4.69, 9.17) is 0 Å². The summed E-state index contributed by atoms with van der Waals surface area (Å²) in [6, 6.07) is 0. The number of hydrogen-bond acceptors (Lipinski definition) is 2. The maximum atomic E-state index is 4.57. The van der Waals surface area contributed by atoms with Gasteiger partial charge in [-0.1, -0.05) is 41.6 Å². The number of nitrogens with zero attached hydrogens (tertiary/aromatic N) is 1. The van der Waals surface area contributed by atoms with E-state index in [1.165, 1.54) is 42.8 Å². The third-order valence-electron chi connectivity index (χ3n) is 3.40. The van der Waals surface area contributed by atoms with E-state index in [2.05, 4.69) is 33.2 Å². The summed E-state index contributed by atoms with van der Waals surface area (Å²) >= 11 is 5.44. The summed E-state index contributed by atoms with van der Waals surface area (Å²) in [5.41, 5.74) is 1.30. The summed E-state index contributed by atoms with van der Waals surface area (Å²) < 4.78 is 0. The minimum Gasteiger partial charge on any atom is -0.247 e. The Balaban J connectivity index is 1.95. The van der Waals surface area contributed by atoms with Crippen LogP contribution in [0.15, 0.2) is 5.38 Å². The Bertz CT molecular complexity index is 304.